The Kier molecular flexibility index (Phi) is 7.16. The zero-order valence-electron chi connectivity index (χ0n) is 18.5. The molecule has 33 heavy (non-hydrogen) atoms. The highest BCUT2D eigenvalue weighted by molar-refractivity contribution is 7.98. The first kappa shape index (κ1) is 23.5. The van der Waals surface area contributed by atoms with Crippen LogP contribution >= 0.6 is 11.8 Å². The minimum Gasteiger partial charge on any atom is -0.407 e. The third kappa shape index (κ3) is 5.45. The molecule has 1 aliphatic rings. The van der Waals surface area contributed by atoms with Crippen molar-refractivity contribution < 1.29 is 17.6 Å². The summed E-state index contributed by atoms with van der Waals surface area (Å²) in [6, 6.07) is 13.9. The van der Waals surface area contributed by atoms with Crippen molar-refractivity contribution in [2.75, 3.05) is 18.1 Å². The molecule has 0 bridgehead atoms. The predicted molar refractivity (Wildman–Crippen MR) is 127 cm³/mol. The van der Waals surface area contributed by atoms with Crippen molar-refractivity contribution >= 4 is 33.7 Å². The highest BCUT2D eigenvalue weighted by Gasteiger charge is 2.31. The quantitative estimate of drug-likeness (QED) is 0.499. The number of nitrogens with zero attached hydrogens (tertiary/aromatic N) is 3. The minimum absolute atomic E-state index is 0.00502. The van der Waals surface area contributed by atoms with Gasteiger partial charge in [-0.25, -0.2) is 8.42 Å². The van der Waals surface area contributed by atoms with Crippen molar-refractivity contribution in [1.82, 2.24) is 14.5 Å². The molecular formula is C23H26N4O4S2. The van der Waals surface area contributed by atoms with Crippen LogP contribution in [0.15, 0.2) is 62.7 Å². The predicted octanol–water partition coefficient (Wildman–Crippen LogP) is 4.20. The number of rotatable bonds is 7. The highest BCUT2D eigenvalue weighted by Crippen LogP contribution is 2.25. The fourth-order valence-corrected chi connectivity index (χ4v) is 5.91. The van der Waals surface area contributed by atoms with Crippen LogP contribution in [0.3, 0.4) is 0 Å². The molecule has 10 heteroatoms. The number of benzene rings is 2. The third-order valence-electron chi connectivity index (χ3n) is 5.67. The topological polar surface area (TPSA) is 105 Å². The highest BCUT2D eigenvalue weighted by atomic mass is 32.2. The van der Waals surface area contributed by atoms with E-state index in [4.69, 9.17) is 4.42 Å². The number of anilines is 1. The molecular weight excluding hydrogens is 460 g/mol. The van der Waals surface area contributed by atoms with Gasteiger partial charge in [-0.15, -0.1) is 16.9 Å². The van der Waals surface area contributed by atoms with Gasteiger partial charge in [-0.2, -0.15) is 4.31 Å². The van der Waals surface area contributed by atoms with E-state index in [9.17, 15) is 13.2 Å². The van der Waals surface area contributed by atoms with Gasteiger partial charge >= 0.3 is 6.01 Å². The number of hydrogen-bond acceptors (Lipinski definition) is 7. The molecule has 3 aromatic rings. The fourth-order valence-electron chi connectivity index (χ4n) is 3.81. The third-order valence-corrected chi connectivity index (χ3v) is 8.44. The smallest absolute Gasteiger partial charge is 0.322 e. The summed E-state index contributed by atoms with van der Waals surface area (Å²) in [5.74, 6) is -0.0656. The van der Waals surface area contributed by atoms with E-state index in [-0.39, 0.29) is 17.0 Å². The minimum atomic E-state index is -3.58. The molecule has 174 valence electrons. The number of carbonyl (C=O) groups excluding carboxylic acids is 1. The molecule has 0 saturated carbocycles. The summed E-state index contributed by atoms with van der Waals surface area (Å²) in [5, 5.41) is 10.4. The molecule has 2 aromatic carbocycles. The van der Waals surface area contributed by atoms with Gasteiger partial charge in [0.15, 0.2) is 0 Å². The summed E-state index contributed by atoms with van der Waals surface area (Å²) in [6.07, 6.45) is 5.23. The van der Waals surface area contributed by atoms with E-state index in [1.54, 1.807) is 16.1 Å². The van der Waals surface area contributed by atoms with Crippen molar-refractivity contribution in [3.05, 3.63) is 65.5 Å². The Morgan fingerprint density at radius 1 is 1.12 bits per heavy atom. The largest absolute Gasteiger partial charge is 0.407 e. The van der Waals surface area contributed by atoms with E-state index in [2.05, 4.69) is 15.5 Å². The molecule has 1 fully saturated rings. The van der Waals surface area contributed by atoms with Gasteiger partial charge in [-0.3, -0.25) is 10.1 Å². The average molecular weight is 487 g/mol. The van der Waals surface area contributed by atoms with Crippen LogP contribution in [0.1, 0.15) is 48.0 Å². The molecule has 8 nitrogen and oxygen atoms in total. The number of hydrogen-bond donors (Lipinski definition) is 1. The van der Waals surface area contributed by atoms with Crippen LogP contribution in [-0.2, 0) is 16.4 Å². The maximum absolute atomic E-state index is 12.9. The first-order valence-corrected chi connectivity index (χ1v) is 13.4. The molecule has 4 rings (SSSR count). The van der Waals surface area contributed by atoms with Crippen molar-refractivity contribution in [3.8, 4) is 0 Å². The maximum atomic E-state index is 12.9. The molecule has 1 aliphatic heterocycles. The normalized spacial score (nSPS) is 17.1. The van der Waals surface area contributed by atoms with Gasteiger partial charge in [-0.1, -0.05) is 23.7 Å². The molecule has 1 saturated heterocycles. The lowest BCUT2D eigenvalue weighted by atomic mass is 10.1. The molecule has 1 N–H and O–H groups in total. The van der Waals surface area contributed by atoms with E-state index in [1.807, 2.05) is 37.4 Å². The lowest BCUT2D eigenvalue weighted by Gasteiger charge is -2.32. The summed E-state index contributed by atoms with van der Waals surface area (Å²) in [6.45, 7) is 2.45. The van der Waals surface area contributed by atoms with Gasteiger partial charge in [0, 0.05) is 23.0 Å². The van der Waals surface area contributed by atoms with E-state index in [1.165, 1.54) is 29.2 Å². The second kappa shape index (κ2) is 10.1. The van der Waals surface area contributed by atoms with Crippen LogP contribution in [0.4, 0.5) is 6.01 Å². The van der Waals surface area contributed by atoms with Crippen LogP contribution in [-0.4, -0.2) is 47.7 Å². The Balaban J connectivity index is 1.40. The molecule has 0 radical (unpaired) electrons. The van der Waals surface area contributed by atoms with Crippen molar-refractivity contribution in [2.24, 2.45) is 0 Å². The Labute approximate surface area is 197 Å². The summed E-state index contributed by atoms with van der Waals surface area (Å²) in [7, 11) is -3.58. The Morgan fingerprint density at radius 3 is 2.52 bits per heavy atom. The zero-order chi connectivity index (χ0) is 23.4. The second-order valence-corrected chi connectivity index (χ2v) is 10.7. The number of carbonyl (C=O) groups is 1. The average Bonchev–Trinajstić information content (AvgIpc) is 3.26. The number of sulfonamides is 1. The SMILES string of the molecule is CSc1ccc(Cc2nnc(NC(=O)c3ccc(S(=O)(=O)N4CCCCC4C)cc3)o2)cc1. The Bertz CT molecular complexity index is 1210. The zero-order valence-corrected chi connectivity index (χ0v) is 20.2. The molecule has 2 heterocycles. The van der Waals surface area contributed by atoms with Gasteiger partial charge in [0.25, 0.3) is 5.91 Å². The Morgan fingerprint density at radius 2 is 1.85 bits per heavy atom. The monoisotopic (exact) mass is 486 g/mol. The number of aromatic nitrogens is 2. The second-order valence-electron chi connectivity index (χ2n) is 7.96. The van der Waals surface area contributed by atoms with Gasteiger partial charge < -0.3 is 4.42 Å². The van der Waals surface area contributed by atoms with Crippen molar-refractivity contribution in [3.63, 3.8) is 0 Å². The fraction of sp³-hybridized carbons (Fsp3) is 0.348. The van der Waals surface area contributed by atoms with Gasteiger partial charge in [0.2, 0.25) is 15.9 Å². The number of amides is 1. The Hall–Kier alpha value is -2.69. The first-order chi connectivity index (χ1) is 15.9. The standard InChI is InChI=1S/C23H26N4O4S2/c1-16-5-3-4-14-27(16)33(29,30)20-12-8-18(9-13-20)22(28)24-23-26-25-21(31-23)15-17-6-10-19(32-2)11-7-17/h6-13,16H,3-5,14-15H2,1-2H3,(H,24,26,28). The van der Waals surface area contributed by atoms with E-state index in [0.717, 1.165) is 24.8 Å². The number of thioether (sulfide) groups is 1. The maximum Gasteiger partial charge on any atom is 0.322 e. The van der Waals surface area contributed by atoms with Crippen molar-refractivity contribution in [1.29, 1.82) is 0 Å². The van der Waals surface area contributed by atoms with Gasteiger partial charge in [-0.05, 0) is 68.0 Å². The first-order valence-electron chi connectivity index (χ1n) is 10.8. The molecule has 0 spiro atoms. The lowest BCUT2D eigenvalue weighted by Crippen LogP contribution is -2.41. The van der Waals surface area contributed by atoms with E-state index >= 15 is 0 Å². The number of nitrogens with one attached hydrogen (secondary N) is 1. The summed E-state index contributed by atoms with van der Waals surface area (Å²) in [4.78, 5) is 13.9. The summed E-state index contributed by atoms with van der Waals surface area (Å²) < 4.78 is 33.0. The van der Waals surface area contributed by atoms with Gasteiger partial charge in [0.05, 0.1) is 11.3 Å². The van der Waals surface area contributed by atoms with Crippen LogP contribution in [0, 0.1) is 0 Å². The molecule has 0 aliphatic carbocycles. The van der Waals surface area contributed by atoms with Crippen LogP contribution < -0.4 is 5.32 Å². The molecule has 1 aromatic heterocycles. The summed E-state index contributed by atoms with van der Waals surface area (Å²) in [5.41, 5.74) is 1.32. The van der Waals surface area contributed by atoms with E-state index < -0.39 is 15.9 Å². The van der Waals surface area contributed by atoms with Crippen molar-refractivity contribution in [2.45, 2.75) is 48.4 Å². The molecule has 1 atom stereocenters. The van der Waals surface area contributed by atoms with E-state index in [0.29, 0.717) is 24.4 Å². The number of piperidine rings is 1. The van der Waals surface area contributed by atoms with Crippen LogP contribution in [0.2, 0.25) is 0 Å². The molecule has 1 amide bonds. The van der Waals surface area contributed by atoms with Gasteiger partial charge in [0.1, 0.15) is 0 Å². The van der Waals surface area contributed by atoms with Crippen LogP contribution in [0.5, 0.6) is 0 Å². The molecule has 1 unspecified atom stereocenters. The lowest BCUT2D eigenvalue weighted by molar-refractivity contribution is 0.102. The summed E-state index contributed by atoms with van der Waals surface area (Å²) >= 11 is 1.67. The van der Waals surface area contributed by atoms with Crippen LogP contribution in [0.25, 0.3) is 0 Å².